The lowest BCUT2D eigenvalue weighted by Crippen LogP contribution is -2.32. The molecule has 0 spiro atoms. The molecule has 0 aliphatic carbocycles. The van der Waals surface area contributed by atoms with Gasteiger partial charge in [0, 0.05) is 10.2 Å². The minimum absolute atomic E-state index is 0.603. The van der Waals surface area contributed by atoms with E-state index in [-0.39, 0.29) is 0 Å². The molecule has 1 nitrogen and oxygen atoms in total. The zero-order chi connectivity index (χ0) is 10.9. The van der Waals surface area contributed by atoms with Crippen LogP contribution in [0.5, 0.6) is 0 Å². The summed E-state index contributed by atoms with van der Waals surface area (Å²) in [7, 11) is 0. The van der Waals surface area contributed by atoms with E-state index in [4.69, 9.17) is 0 Å². The number of hydrogen-bond donors (Lipinski definition) is 1. The normalized spacial score (nSPS) is 26.6. The van der Waals surface area contributed by atoms with Crippen LogP contribution in [0.25, 0.3) is 0 Å². The van der Waals surface area contributed by atoms with E-state index in [1.165, 1.54) is 11.3 Å². The summed E-state index contributed by atoms with van der Waals surface area (Å²) in [5.74, 6) is 2.01. The largest absolute Gasteiger partial charge is 0.384 e. The number of halogens is 1. The van der Waals surface area contributed by atoms with Crippen molar-refractivity contribution in [2.24, 2.45) is 0 Å². The summed E-state index contributed by atoms with van der Waals surface area (Å²) < 4.78 is 1.08. The third-order valence-corrected chi connectivity index (χ3v) is 4.66. The number of aryl methyl sites for hydroxylation is 1. The Balaban J connectivity index is 2.35. The Bertz CT molecular complexity index is 359. The molecule has 0 radical (unpaired) electrons. The molecule has 1 fully saturated rings. The van der Waals surface area contributed by atoms with Gasteiger partial charge in [0.1, 0.15) is 0 Å². The molecule has 82 valence electrons. The van der Waals surface area contributed by atoms with Gasteiger partial charge in [-0.2, -0.15) is 11.8 Å². The number of rotatable bonds is 1. The number of aliphatic hydroxyl groups is 1. The molecular weight excluding hydrogens is 272 g/mol. The Morgan fingerprint density at radius 2 is 2.27 bits per heavy atom. The van der Waals surface area contributed by atoms with E-state index in [9.17, 15) is 5.11 Å². The highest BCUT2D eigenvalue weighted by atomic mass is 79.9. The Labute approximate surface area is 103 Å². The molecule has 1 unspecified atom stereocenters. The summed E-state index contributed by atoms with van der Waals surface area (Å²) in [5, 5.41) is 10.6. The first-order valence-corrected chi connectivity index (χ1v) is 7.13. The van der Waals surface area contributed by atoms with Gasteiger partial charge in [-0.05, 0) is 48.8 Å². The first kappa shape index (κ1) is 11.5. The van der Waals surface area contributed by atoms with Crippen molar-refractivity contribution < 1.29 is 5.11 Å². The van der Waals surface area contributed by atoms with Crippen LogP contribution in [0.2, 0.25) is 0 Å². The van der Waals surface area contributed by atoms with Crippen LogP contribution in [0.1, 0.15) is 24.0 Å². The van der Waals surface area contributed by atoms with Crippen LogP contribution in [0.15, 0.2) is 22.7 Å². The third kappa shape index (κ3) is 2.40. The summed E-state index contributed by atoms with van der Waals surface area (Å²) in [6, 6.07) is 6.14. The summed E-state index contributed by atoms with van der Waals surface area (Å²) >= 11 is 5.30. The van der Waals surface area contributed by atoms with Gasteiger partial charge in [0.05, 0.1) is 5.60 Å². The highest BCUT2D eigenvalue weighted by Gasteiger charge is 2.32. The second-order valence-corrected chi connectivity index (χ2v) is 6.17. The average Bonchev–Trinajstić information content (AvgIpc) is 2.18. The van der Waals surface area contributed by atoms with Crippen LogP contribution in [0.4, 0.5) is 0 Å². The minimum atomic E-state index is -0.603. The van der Waals surface area contributed by atoms with Crippen LogP contribution >= 0.6 is 27.7 Å². The van der Waals surface area contributed by atoms with Gasteiger partial charge in [0.25, 0.3) is 0 Å². The van der Waals surface area contributed by atoms with Crippen LogP contribution in [-0.2, 0) is 5.60 Å². The van der Waals surface area contributed by atoms with Crippen LogP contribution < -0.4 is 0 Å². The van der Waals surface area contributed by atoms with Crippen molar-refractivity contribution >= 4 is 27.7 Å². The van der Waals surface area contributed by atoms with Crippen molar-refractivity contribution in [1.82, 2.24) is 0 Å². The topological polar surface area (TPSA) is 20.2 Å². The molecular formula is C12H15BrOS. The van der Waals surface area contributed by atoms with E-state index in [0.29, 0.717) is 0 Å². The van der Waals surface area contributed by atoms with E-state index in [1.807, 2.05) is 23.9 Å². The fourth-order valence-electron chi connectivity index (χ4n) is 2.14. The molecule has 0 amide bonds. The summed E-state index contributed by atoms with van der Waals surface area (Å²) in [6.07, 6.45) is 2.00. The number of benzene rings is 1. The van der Waals surface area contributed by atoms with Gasteiger partial charge in [0.2, 0.25) is 0 Å². The van der Waals surface area contributed by atoms with Crippen molar-refractivity contribution in [2.75, 3.05) is 11.5 Å². The minimum Gasteiger partial charge on any atom is -0.384 e. The first-order chi connectivity index (χ1) is 7.12. The predicted octanol–water partition coefficient (Wildman–Crippen LogP) is 3.47. The zero-order valence-corrected chi connectivity index (χ0v) is 11.2. The standard InChI is InChI=1S/C12H15BrOS/c1-9-7-10(13)3-4-11(9)12(14)5-2-6-15-8-12/h3-4,7,14H,2,5-6,8H2,1H3. The summed E-state index contributed by atoms with van der Waals surface area (Å²) in [6.45, 7) is 2.07. The van der Waals surface area contributed by atoms with Gasteiger partial charge in [-0.15, -0.1) is 0 Å². The average molecular weight is 287 g/mol. The van der Waals surface area contributed by atoms with Gasteiger partial charge >= 0.3 is 0 Å². The fraction of sp³-hybridized carbons (Fsp3) is 0.500. The maximum atomic E-state index is 10.6. The van der Waals surface area contributed by atoms with Crippen LogP contribution in [-0.4, -0.2) is 16.6 Å². The molecule has 1 aromatic rings. The molecule has 2 rings (SSSR count). The van der Waals surface area contributed by atoms with Crippen molar-refractivity contribution in [2.45, 2.75) is 25.4 Å². The van der Waals surface area contributed by atoms with Crippen molar-refractivity contribution in [3.63, 3.8) is 0 Å². The molecule has 1 N–H and O–H groups in total. The quantitative estimate of drug-likeness (QED) is 0.853. The second-order valence-electron chi connectivity index (χ2n) is 4.15. The van der Waals surface area contributed by atoms with Crippen LogP contribution in [0.3, 0.4) is 0 Å². The van der Waals surface area contributed by atoms with Gasteiger partial charge < -0.3 is 5.11 Å². The van der Waals surface area contributed by atoms with E-state index >= 15 is 0 Å². The lowest BCUT2D eigenvalue weighted by molar-refractivity contribution is 0.0489. The van der Waals surface area contributed by atoms with E-state index < -0.39 is 5.60 Å². The molecule has 1 aliphatic rings. The maximum absolute atomic E-state index is 10.6. The van der Waals surface area contributed by atoms with E-state index in [0.717, 1.165) is 28.6 Å². The van der Waals surface area contributed by atoms with Crippen molar-refractivity contribution in [1.29, 1.82) is 0 Å². The SMILES string of the molecule is Cc1cc(Br)ccc1C1(O)CCCSC1. The molecule has 15 heavy (non-hydrogen) atoms. The third-order valence-electron chi connectivity index (χ3n) is 2.91. The maximum Gasteiger partial charge on any atom is 0.0989 e. The molecule has 1 aliphatic heterocycles. The second kappa shape index (κ2) is 4.48. The molecule has 1 atom stereocenters. The number of thioether (sulfide) groups is 1. The molecule has 0 bridgehead atoms. The summed E-state index contributed by atoms with van der Waals surface area (Å²) in [4.78, 5) is 0. The van der Waals surface area contributed by atoms with Crippen LogP contribution in [0, 0.1) is 6.92 Å². The Morgan fingerprint density at radius 1 is 1.47 bits per heavy atom. The van der Waals surface area contributed by atoms with Gasteiger partial charge in [-0.25, -0.2) is 0 Å². The molecule has 1 heterocycles. The monoisotopic (exact) mass is 286 g/mol. The Kier molecular flexibility index (Phi) is 3.43. The first-order valence-electron chi connectivity index (χ1n) is 5.19. The lowest BCUT2D eigenvalue weighted by atomic mass is 9.88. The van der Waals surface area contributed by atoms with E-state index in [1.54, 1.807) is 0 Å². The molecule has 0 aromatic heterocycles. The smallest absolute Gasteiger partial charge is 0.0989 e. The van der Waals surface area contributed by atoms with Crippen molar-refractivity contribution in [3.8, 4) is 0 Å². The lowest BCUT2D eigenvalue weighted by Gasteiger charge is -2.33. The highest BCUT2D eigenvalue weighted by molar-refractivity contribution is 9.10. The van der Waals surface area contributed by atoms with Crippen molar-refractivity contribution in [3.05, 3.63) is 33.8 Å². The highest BCUT2D eigenvalue weighted by Crippen LogP contribution is 2.37. The number of hydrogen-bond acceptors (Lipinski definition) is 2. The fourth-order valence-corrected chi connectivity index (χ4v) is 3.75. The molecule has 1 saturated heterocycles. The Hall–Kier alpha value is 0.01000. The van der Waals surface area contributed by atoms with E-state index in [2.05, 4.69) is 28.9 Å². The van der Waals surface area contributed by atoms with Gasteiger partial charge in [0.15, 0.2) is 0 Å². The molecule has 3 heteroatoms. The van der Waals surface area contributed by atoms with Gasteiger partial charge in [-0.1, -0.05) is 22.0 Å². The van der Waals surface area contributed by atoms with Gasteiger partial charge in [-0.3, -0.25) is 0 Å². The predicted molar refractivity (Wildman–Crippen MR) is 69.3 cm³/mol. The molecule has 0 saturated carbocycles. The Morgan fingerprint density at radius 3 is 2.87 bits per heavy atom. The molecule has 1 aromatic carbocycles. The summed E-state index contributed by atoms with van der Waals surface area (Å²) in [5.41, 5.74) is 1.67. The zero-order valence-electron chi connectivity index (χ0n) is 8.79.